The molecule has 4 rings (SSSR count). The van der Waals surface area contributed by atoms with Crippen LogP contribution in [0.15, 0.2) is 65.8 Å². The molecule has 2 N–H and O–H groups in total. The maximum absolute atomic E-state index is 12.8. The number of carbonyl (C=O) groups excluding carboxylic acids is 2. The lowest BCUT2D eigenvalue weighted by Crippen LogP contribution is -2.48. The Kier molecular flexibility index (Phi) is 8.70. The predicted molar refractivity (Wildman–Crippen MR) is 143 cm³/mol. The predicted octanol–water partition coefficient (Wildman–Crippen LogP) is 4.56. The van der Waals surface area contributed by atoms with E-state index in [9.17, 15) is 9.59 Å². The van der Waals surface area contributed by atoms with E-state index in [1.807, 2.05) is 26.0 Å². The van der Waals surface area contributed by atoms with Crippen molar-refractivity contribution in [2.45, 2.75) is 26.5 Å². The molecule has 1 heterocycles. The van der Waals surface area contributed by atoms with Gasteiger partial charge in [0, 0.05) is 10.6 Å². The van der Waals surface area contributed by atoms with E-state index in [1.54, 1.807) is 55.6 Å². The lowest BCUT2D eigenvalue weighted by atomic mass is 10.0. The number of nitrogens with one attached hydrogen (secondary N) is 2. The highest BCUT2D eigenvalue weighted by atomic mass is 35.5. The number of hydrogen-bond donors (Lipinski definition) is 2. The molecule has 2 amide bonds. The fraction of sp³-hybridized carbons (Fsp3) is 0.250. The SMILES string of the molecule is COc1cc(/C=N/NC(=O)C(NC(=O)c2ccc3c(c2)OCO3)C(C)C)ccc1OCc1ccc(Cl)cc1. The van der Waals surface area contributed by atoms with Crippen LogP contribution in [0.2, 0.25) is 5.02 Å². The average molecular weight is 538 g/mol. The monoisotopic (exact) mass is 537 g/mol. The normalized spacial score (nSPS) is 12.9. The van der Waals surface area contributed by atoms with Gasteiger partial charge in [0.2, 0.25) is 6.79 Å². The van der Waals surface area contributed by atoms with E-state index in [0.717, 1.165) is 5.56 Å². The van der Waals surface area contributed by atoms with Gasteiger partial charge in [-0.1, -0.05) is 37.6 Å². The number of carbonyl (C=O) groups is 2. The number of amides is 2. The van der Waals surface area contributed by atoms with E-state index in [-0.39, 0.29) is 12.7 Å². The molecule has 9 nitrogen and oxygen atoms in total. The number of ether oxygens (including phenoxy) is 4. The first-order valence-electron chi connectivity index (χ1n) is 11.9. The number of benzene rings is 3. The number of hydrazone groups is 1. The molecule has 0 saturated carbocycles. The van der Waals surface area contributed by atoms with Crippen LogP contribution in [0.5, 0.6) is 23.0 Å². The van der Waals surface area contributed by atoms with Crippen molar-refractivity contribution in [3.8, 4) is 23.0 Å². The van der Waals surface area contributed by atoms with Crippen molar-refractivity contribution in [1.29, 1.82) is 0 Å². The molecule has 0 radical (unpaired) electrons. The van der Waals surface area contributed by atoms with Gasteiger partial charge in [-0.3, -0.25) is 9.59 Å². The lowest BCUT2D eigenvalue weighted by Gasteiger charge is -2.20. The molecule has 0 aliphatic carbocycles. The summed E-state index contributed by atoms with van der Waals surface area (Å²) in [6.07, 6.45) is 1.49. The Morgan fingerprint density at radius 2 is 1.79 bits per heavy atom. The van der Waals surface area contributed by atoms with Gasteiger partial charge in [0.15, 0.2) is 23.0 Å². The molecular formula is C28H28ClN3O6. The van der Waals surface area contributed by atoms with Gasteiger partial charge >= 0.3 is 0 Å². The van der Waals surface area contributed by atoms with Crippen LogP contribution in [0.3, 0.4) is 0 Å². The minimum absolute atomic E-state index is 0.112. The molecule has 38 heavy (non-hydrogen) atoms. The van der Waals surface area contributed by atoms with Gasteiger partial charge in [0.05, 0.1) is 13.3 Å². The van der Waals surface area contributed by atoms with Gasteiger partial charge in [-0.2, -0.15) is 5.10 Å². The van der Waals surface area contributed by atoms with Crippen molar-refractivity contribution in [2.24, 2.45) is 11.0 Å². The number of fused-ring (bicyclic) bond motifs is 1. The molecule has 1 atom stereocenters. The summed E-state index contributed by atoms with van der Waals surface area (Å²) in [7, 11) is 1.54. The molecule has 10 heteroatoms. The second-order valence-electron chi connectivity index (χ2n) is 8.82. The van der Waals surface area contributed by atoms with E-state index in [0.29, 0.717) is 45.8 Å². The van der Waals surface area contributed by atoms with Crippen molar-refractivity contribution in [3.63, 3.8) is 0 Å². The number of rotatable bonds is 10. The lowest BCUT2D eigenvalue weighted by molar-refractivity contribution is -0.123. The first kappa shape index (κ1) is 26.8. The van der Waals surface area contributed by atoms with E-state index >= 15 is 0 Å². The molecule has 1 aliphatic heterocycles. The van der Waals surface area contributed by atoms with Crippen LogP contribution in [0.25, 0.3) is 0 Å². The molecule has 3 aromatic rings. The fourth-order valence-corrected chi connectivity index (χ4v) is 3.79. The van der Waals surface area contributed by atoms with Crippen molar-refractivity contribution in [1.82, 2.24) is 10.7 Å². The zero-order chi connectivity index (χ0) is 27.1. The van der Waals surface area contributed by atoms with Crippen molar-refractivity contribution >= 4 is 29.6 Å². The Balaban J connectivity index is 1.35. The maximum atomic E-state index is 12.8. The van der Waals surface area contributed by atoms with E-state index in [1.165, 1.54) is 6.21 Å². The zero-order valence-electron chi connectivity index (χ0n) is 21.2. The number of halogens is 1. The van der Waals surface area contributed by atoms with Crippen LogP contribution in [-0.4, -0.2) is 38.0 Å². The molecule has 1 aliphatic rings. The number of nitrogens with zero attached hydrogens (tertiary/aromatic N) is 1. The Hall–Kier alpha value is -4.24. The van der Waals surface area contributed by atoms with Gasteiger partial charge in [-0.25, -0.2) is 5.43 Å². The van der Waals surface area contributed by atoms with Gasteiger partial charge in [0.1, 0.15) is 12.6 Å². The highest BCUT2D eigenvalue weighted by molar-refractivity contribution is 6.30. The largest absolute Gasteiger partial charge is 0.493 e. The van der Waals surface area contributed by atoms with Crippen LogP contribution >= 0.6 is 11.6 Å². The first-order valence-corrected chi connectivity index (χ1v) is 12.3. The zero-order valence-corrected chi connectivity index (χ0v) is 22.0. The summed E-state index contributed by atoms with van der Waals surface area (Å²) in [4.78, 5) is 25.6. The molecule has 3 aromatic carbocycles. The summed E-state index contributed by atoms with van der Waals surface area (Å²) in [6.45, 7) is 4.13. The second kappa shape index (κ2) is 12.3. The Bertz CT molecular complexity index is 1330. The van der Waals surface area contributed by atoms with Crippen LogP contribution in [0, 0.1) is 5.92 Å². The average Bonchev–Trinajstić information content (AvgIpc) is 3.39. The molecule has 0 saturated heterocycles. The molecule has 1 unspecified atom stereocenters. The van der Waals surface area contributed by atoms with Gasteiger partial charge < -0.3 is 24.3 Å². The van der Waals surface area contributed by atoms with E-state index in [4.69, 9.17) is 30.5 Å². The van der Waals surface area contributed by atoms with Gasteiger partial charge in [0.25, 0.3) is 11.8 Å². The summed E-state index contributed by atoms with van der Waals surface area (Å²) >= 11 is 5.93. The minimum Gasteiger partial charge on any atom is -0.493 e. The van der Waals surface area contributed by atoms with Crippen LogP contribution < -0.4 is 29.7 Å². The standard InChI is InChI=1S/C28H28ClN3O6/c1-17(2)26(31-27(33)20-7-11-23-25(13-20)38-16-37-23)28(34)32-30-14-19-6-10-22(24(12-19)35-3)36-15-18-4-8-21(29)9-5-18/h4-14,17,26H,15-16H2,1-3H3,(H,31,33)(H,32,34)/b30-14+. The molecule has 0 spiro atoms. The highest BCUT2D eigenvalue weighted by Crippen LogP contribution is 2.32. The quantitative estimate of drug-likeness (QED) is 0.290. The summed E-state index contributed by atoms with van der Waals surface area (Å²) < 4.78 is 21.9. The summed E-state index contributed by atoms with van der Waals surface area (Å²) in [5.74, 6) is 1.12. The molecular weight excluding hydrogens is 510 g/mol. The molecule has 0 fully saturated rings. The van der Waals surface area contributed by atoms with Crippen LogP contribution in [0.1, 0.15) is 35.3 Å². The third-order valence-corrected chi connectivity index (χ3v) is 6.01. The van der Waals surface area contributed by atoms with Crippen molar-refractivity contribution < 1.29 is 28.5 Å². The summed E-state index contributed by atoms with van der Waals surface area (Å²) in [5.41, 5.74) is 4.52. The molecule has 0 bridgehead atoms. The maximum Gasteiger partial charge on any atom is 0.262 e. The van der Waals surface area contributed by atoms with E-state index in [2.05, 4.69) is 15.8 Å². The second-order valence-corrected chi connectivity index (χ2v) is 9.26. The molecule has 0 aromatic heterocycles. The smallest absolute Gasteiger partial charge is 0.262 e. The van der Waals surface area contributed by atoms with Gasteiger partial charge in [-0.15, -0.1) is 0 Å². The van der Waals surface area contributed by atoms with Crippen LogP contribution in [-0.2, 0) is 11.4 Å². The van der Waals surface area contributed by atoms with Crippen LogP contribution in [0.4, 0.5) is 0 Å². The Morgan fingerprint density at radius 3 is 2.53 bits per heavy atom. The minimum atomic E-state index is -0.803. The Morgan fingerprint density at radius 1 is 1.03 bits per heavy atom. The third kappa shape index (κ3) is 6.74. The summed E-state index contributed by atoms with van der Waals surface area (Å²) in [5, 5.41) is 7.48. The van der Waals surface area contributed by atoms with E-state index < -0.39 is 17.9 Å². The topological polar surface area (TPSA) is 107 Å². The first-order chi connectivity index (χ1) is 18.3. The summed E-state index contributed by atoms with van der Waals surface area (Å²) in [6, 6.07) is 16.7. The van der Waals surface area contributed by atoms with Gasteiger partial charge in [-0.05, 0) is 65.6 Å². The molecule has 198 valence electrons. The fourth-order valence-electron chi connectivity index (χ4n) is 3.66. The number of hydrogen-bond acceptors (Lipinski definition) is 7. The van der Waals surface area contributed by atoms with Crippen molar-refractivity contribution in [3.05, 3.63) is 82.4 Å². The van der Waals surface area contributed by atoms with Crippen molar-refractivity contribution in [2.75, 3.05) is 13.9 Å². The highest BCUT2D eigenvalue weighted by Gasteiger charge is 2.25. The Labute approximate surface area is 225 Å². The third-order valence-electron chi connectivity index (χ3n) is 5.75. The number of methoxy groups -OCH3 is 1.